The predicted octanol–water partition coefficient (Wildman–Crippen LogP) is 4.91. The second-order valence-corrected chi connectivity index (χ2v) is 8.18. The molecular formula is C22H22FN7O2. The van der Waals surface area contributed by atoms with Crippen LogP contribution in [0.1, 0.15) is 44.3 Å². The molecule has 0 unspecified atom stereocenters. The highest BCUT2D eigenvalue weighted by Gasteiger charge is 2.28. The molecule has 3 heterocycles. The summed E-state index contributed by atoms with van der Waals surface area (Å²) in [4.78, 5) is 20.7. The predicted molar refractivity (Wildman–Crippen MR) is 119 cm³/mol. The zero-order valence-electron chi connectivity index (χ0n) is 17.6. The maximum atomic E-state index is 14.9. The molecule has 1 aromatic carbocycles. The Kier molecular flexibility index (Phi) is 4.76. The summed E-state index contributed by atoms with van der Waals surface area (Å²) in [6.07, 6.45) is 5.52. The number of carbonyl (C=O) groups excluding carboxylic acids is 1. The molecule has 1 aliphatic rings. The molecular weight excluding hydrogens is 413 g/mol. The third kappa shape index (κ3) is 3.64. The van der Waals surface area contributed by atoms with E-state index in [1.807, 2.05) is 20.0 Å². The summed E-state index contributed by atoms with van der Waals surface area (Å²) in [5.74, 6) is 0.110. The van der Waals surface area contributed by atoms with Crippen LogP contribution in [0.3, 0.4) is 0 Å². The van der Waals surface area contributed by atoms with Gasteiger partial charge in [0.2, 0.25) is 5.88 Å². The fourth-order valence-electron chi connectivity index (χ4n) is 3.63. The number of anilines is 3. The van der Waals surface area contributed by atoms with E-state index in [2.05, 4.69) is 30.3 Å². The van der Waals surface area contributed by atoms with Crippen LogP contribution in [0.25, 0.3) is 22.2 Å². The summed E-state index contributed by atoms with van der Waals surface area (Å²) in [5, 5.41) is 9.57. The molecule has 0 aliphatic heterocycles. The standard InChI is InChI=1S/C22H22FN7O2/c1-11(2)17-8-18(32-29-17)28-22(31)27-16-6-3-12(7-15(16)23)14-9-30(13-4-5-13)21-19(14)20(24)25-10-26-21/h3,6-11,13H,4-5H2,1-2H3,(H2,24,25,26)(H2,27,28,31). The molecule has 0 spiro atoms. The van der Waals surface area contributed by atoms with Crippen molar-refractivity contribution in [1.82, 2.24) is 19.7 Å². The molecule has 3 aromatic heterocycles. The number of hydrogen-bond acceptors (Lipinski definition) is 6. The van der Waals surface area contributed by atoms with Crippen LogP contribution >= 0.6 is 0 Å². The molecule has 10 heteroatoms. The third-order valence-electron chi connectivity index (χ3n) is 5.46. The number of hydrogen-bond donors (Lipinski definition) is 3. The number of fused-ring (bicyclic) bond motifs is 1. The van der Waals surface area contributed by atoms with E-state index in [0.29, 0.717) is 28.5 Å². The van der Waals surface area contributed by atoms with Gasteiger partial charge in [-0.25, -0.2) is 19.2 Å². The first-order valence-corrected chi connectivity index (χ1v) is 10.4. The molecule has 32 heavy (non-hydrogen) atoms. The Balaban J connectivity index is 1.39. The van der Waals surface area contributed by atoms with Crippen molar-refractivity contribution in [2.45, 2.75) is 38.6 Å². The van der Waals surface area contributed by atoms with Gasteiger partial charge in [0.1, 0.15) is 23.6 Å². The fourth-order valence-corrected chi connectivity index (χ4v) is 3.63. The number of rotatable bonds is 5. The highest BCUT2D eigenvalue weighted by molar-refractivity contribution is 6.02. The summed E-state index contributed by atoms with van der Waals surface area (Å²) in [6, 6.07) is 5.96. The molecule has 4 aromatic rings. The number of nitrogens with zero attached hydrogens (tertiary/aromatic N) is 4. The van der Waals surface area contributed by atoms with Gasteiger partial charge in [0, 0.05) is 23.9 Å². The highest BCUT2D eigenvalue weighted by atomic mass is 19.1. The van der Waals surface area contributed by atoms with Gasteiger partial charge in [-0.1, -0.05) is 25.1 Å². The van der Waals surface area contributed by atoms with Gasteiger partial charge in [0.25, 0.3) is 0 Å². The zero-order valence-corrected chi connectivity index (χ0v) is 17.6. The molecule has 1 fully saturated rings. The minimum absolute atomic E-state index is 0.0324. The molecule has 1 saturated carbocycles. The number of carbonyl (C=O) groups is 1. The lowest BCUT2D eigenvalue weighted by molar-refractivity contribution is 0.261. The second kappa shape index (κ2) is 7.63. The van der Waals surface area contributed by atoms with Gasteiger partial charge in [-0.3, -0.25) is 5.32 Å². The summed E-state index contributed by atoms with van der Waals surface area (Å²) in [6.45, 7) is 3.92. The van der Waals surface area contributed by atoms with Crippen molar-refractivity contribution in [3.05, 3.63) is 48.3 Å². The lowest BCUT2D eigenvalue weighted by Crippen LogP contribution is -2.19. The molecule has 2 amide bonds. The summed E-state index contributed by atoms with van der Waals surface area (Å²) < 4.78 is 22.0. The van der Waals surface area contributed by atoms with Crippen molar-refractivity contribution in [2.75, 3.05) is 16.4 Å². The SMILES string of the molecule is CC(C)c1cc(NC(=O)Nc2ccc(-c3cn(C4CC4)c4ncnc(N)c34)cc2F)on1. The van der Waals surface area contributed by atoms with Gasteiger partial charge >= 0.3 is 6.03 Å². The van der Waals surface area contributed by atoms with E-state index in [1.165, 1.54) is 18.5 Å². The Morgan fingerprint density at radius 2 is 2.06 bits per heavy atom. The molecule has 4 N–H and O–H groups in total. The van der Waals surface area contributed by atoms with E-state index in [1.54, 1.807) is 12.1 Å². The van der Waals surface area contributed by atoms with E-state index in [9.17, 15) is 9.18 Å². The van der Waals surface area contributed by atoms with Crippen molar-refractivity contribution >= 4 is 34.5 Å². The number of aromatic nitrogens is 4. The van der Waals surface area contributed by atoms with Crippen molar-refractivity contribution in [3.8, 4) is 11.1 Å². The number of halogens is 1. The number of nitrogen functional groups attached to an aromatic ring is 1. The van der Waals surface area contributed by atoms with Gasteiger partial charge in [-0.05, 0) is 36.5 Å². The lowest BCUT2D eigenvalue weighted by Gasteiger charge is -2.08. The molecule has 0 bridgehead atoms. The van der Waals surface area contributed by atoms with Crippen LogP contribution in [0, 0.1) is 5.82 Å². The van der Waals surface area contributed by atoms with Crippen LogP contribution in [0.2, 0.25) is 0 Å². The number of nitrogens with one attached hydrogen (secondary N) is 2. The first-order chi connectivity index (χ1) is 15.4. The number of urea groups is 1. The molecule has 164 valence electrons. The first kappa shape index (κ1) is 20.0. The largest absolute Gasteiger partial charge is 0.383 e. The van der Waals surface area contributed by atoms with E-state index >= 15 is 0 Å². The van der Waals surface area contributed by atoms with Crippen LogP contribution in [0.4, 0.5) is 26.6 Å². The first-order valence-electron chi connectivity index (χ1n) is 10.4. The summed E-state index contributed by atoms with van der Waals surface area (Å²) in [5.41, 5.74) is 8.98. The smallest absolute Gasteiger partial charge is 0.326 e. The normalized spacial score (nSPS) is 13.6. The summed E-state index contributed by atoms with van der Waals surface area (Å²) in [7, 11) is 0. The van der Waals surface area contributed by atoms with Crippen LogP contribution in [0.15, 0.2) is 41.3 Å². The van der Waals surface area contributed by atoms with Crippen LogP contribution in [-0.4, -0.2) is 25.7 Å². The van der Waals surface area contributed by atoms with Gasteiger partial charge in [0.05, 0.1) is 16.8 Å². The average Bonchev–Trinajstić information content (AvgIpc) is 3.35. The lowest BCUT2D eigenvalue weighted by atomic mass is 10.1. The van der Waals surface area contributed by atoms with Crippen LogP contribution in [0.5, 0.6) is 0 Å². The van der Waals surface area contributed by atoms with Gasteiger partial charge in [0.15, 0.2) is 0 Å². The fraction of sp³-hybridized carbons (Fsp3) is 0.273. The Hall–Kier alpha value is -3.95. The minimum atomic E-state index is -0.633. The van der Waals surface area contributed by atoms with Gasteiger partial charge in [-0.2, -0.15) is 0 Å². The van der Waals surface area contributed by atoms with Crippen molar-refractivity contribution in [2.24, 2.45) is 0 Å². The average molecular weight is 435 g/mol. The Morgan fingerprint density at radius 1 is 1.25 bits per heavy atom. The molecule has 0 radical (unpaired) electrons. The van der Waals surface area contributed by atoms with E-state index < -0.39 is 11.8 Å². The topological polar surface area (TPSA) is 124 Å². The zero-order chi connectivity index (χ0) is 22.4. The molecule has 1 aliphatic carbocycles. The third-order valence-corrected chi connectivity index (χ3v) is 5.46. The van der Waals surface area contributed by atoms with Crippen molar-refractivity contribution in [3.63, 3.8) is 0 Å². The Labute approximate surface area is 182 Å². The van der Waals surface area contributed by atoms with Crippen LogP contribution in [-0.2, 0) is 0 Å². The minimum Gasteiger partial charge on any atom is -0.383 e. The number of nitrogens with two attached hydrogens (primary N) is 1. The molecule has 0 saturated heterocycles. The second-order valence-electron chi connectivity index (χ2n) is 8.18. The van der Waals surface area contributed by atoms with E-state index in [0.717, 1.165) is 24.1 Å². The van der Waals surface area contributed by atoms with Gasteiger partial charge < -0.3 is 20.1 Å². The van der Waals surface area contributed by atoms with Crippen LogP contribution < -0.4 is 16.4 Å². The quantitative estimate of drug-likeness (QED) is 0.409. The van der Waals surface area contributed by atoms with Crippen molar-refractivity contribution < 1.29 is 13.7 Å². The molecule has 5 rings (SSSR count). The van der Waals surface area contributed by atoms with E-state index in [-0.39, 0.29) is 17.5 Å². The Morgan fingerprint density at radius 3 is 2.75 bits per heavy atom. The van der Waals surface area contributed by atoms with Gasteiger partial charge in [-0.15, -0.1) is 0 Å². The number of amides is 2. The van der Waals surface area contributed by atoms with E-state index in [4.69, 9.17) is 10.3 Å². The maximum Gasteiger partial charge on any atom is 0.326 e. The highest BCUT2D eigenvalue weighted by Crippen LogP contribution is 2.42. The molecule has 0 atom stereocenters. The van der Waals surface area contributed by atoms with Crippen molar-refractivity contribution in [1.29, 1.82) is 0 Å². The number of benzene rings is 1. The summed E-state index contributed by atoms with van der Waals surface area (Å²) >= 11 is 0. The monoisotopic (exact) mass is 435 g/mol. The molecule has 9 nitrogen and oxygen atoms in total. The Bertz CT molecular complexity index is 1320. The maximum absolute atomic E-state index is 14.9.